The van der Waals surface area contributed by atoms with Crippen molar-refractivity contribution in [1.29, 1.82) is 0 Å². The van der Waals surface area contributed by atoms with E-state index in [4.69, 9.17) is 0 Å². The largest absolute Gasteiger partial charge is 0.314 e. The zero-order valence-electron chi connectivity index (χ0n) is 11.3. The van der Waals surface area contributed by atoms with Crippen LogP contribution in [0.25, 0.3) is 0 Å². The number of thioether (sulfide) groups is 1. The first kappa shape index (κ1) is 12.5. The first-order valence-corrected chi connectivity index (χ1v) is 7.86. The molecule has 2 aliphatic heterocycles. The Morgan fingerprint density at radius 1 is 1.33 bits per heavy atom. The topological polar surface area (TPSA) is 15.3 Å². The van der Waals surface area contributed by atoms with Crippen LogP contribution in [0.5, 0.6) is 0 Å². The molecule has 0 radical (unpaired) electrons. The van der Waals surface area contributed by atoms with Crippen molar-refractivity contribution in [3.8, 4) is 0 Å². The van der Waals surface area contributed by atoms with E-state index in [9.17, 15) is 0 Å². The van der Waals surface area contributed by atoms with Crippen LogP contribution < -0.4 is 5.32 Å². The van der Waals surface area contributed by atoms with Gasteiger partial charge in [-0.15, -0.1) is 11.8 Å². The average Bonchev–Trinajstić information content (AvgIpc) is 2.38. The van der Waals surface area contributed by atoms with E-state index in [2.05, 4.69) is 48.3 Å². The number of hydrogen-bond acceptors (Lipinski definition) is 3. The highest BCUT2D eigenvalue weighted by molar-refractivity contribution is 7.99. The van der Waals surface area contributed by atoms with Crippen LogP contribution in [0.2, 0.25) is 0 Å². The summed E-state index contributed by atoms with van der Waals surface area (Å²) in [6.07, 6.45) is 1.28. The van der Waals surface area contributed by atoms with Gasteiger partial charge in [-0.3, -0.25) is 4.90 Å². The fourth-order valence-corrected chi connectivity index (χ4v) is 4.33. The van der Waals surface area contributed by atoms with E-state index in [1.54, 1.807) is 5.56 Å². The molecule has 0 aromatic heterocycles. The van der Waals surface area contributed by atoms with Crippen LogP contribution in [0.15, 0.2) is 29.2 Å². The van der Waals surface area contributed by atoms with E-state index in [0.29, 0.717) is 6.04 Å². The summed E-state index contributed by atoms with van der Waals surface area (Å²) in [5.41, 5.74) is 1.81. The molecule has 3 rings (SSSR count). The van der Waals surface area contributed by atoms with Gasteiger partial charge in [0.15, 0.2) is 0 Å². The highest BCUT2D eigenvalue weighted by atomic mass is 32.2. The number of hydrogen-bond donors (Lipinski definition) is 1. The van der Waals surface area contributed by atoms with Gasteiger partial charge in [0, 0.05) is 36.1 Å². The first-order chi connectivity index (χ1) is 8.68. The number of fused-ring (bicyclic) bond motifs is 1. The minimum Gasteiger partial charge on any atom is -0.314 e. The molecular weight excluding hydrogens is 240 g/mol. The number of rotatable bonds is 1. The molecule has 3 heteroatoms. The Kier molecular flexibility index (Phi) is 3.39. The van der Waals surface area contributed by atoms with Crippen LogP contribution >= 0.6 is 11.8 Å². The predicted molar refractivity (Wildman–Crippen MR) is 78.2 cm³/mol. The van der Waals surface area contributed by atoms with Crippen LogP contribution in [-0.4, -0.2) is 35.8 Å². The van der Waals surface area contributed by atoms with Gasteiger partial charge in [0.1, 0.15) is 0 Å². The molecular formula is C15H22N2S. The number of piperazine rings is 1. The van der Waals surface area contributed by atoms with Crippen LogP contribution in [0.4, 0.5) is 0 Å². The van der Waals surface area contributed by atoms with Crippen molar-refractivity contribution < 1.29 is 0 Å². The maximum Gasteiger partial charge on any atom is 0.0373 e. The Morgan fingerprint density at radius 2 is 2.17 bits per heavy atom. The summed E-state index contributed by atoms with van der Waals surface area (Å²) in [7, 11) is 0. The Balaban J connectivity index is 1.93. The average molecular weight is 262 g/mol. The molecule has 1 unspecified atom stereocenters. The molecule has 2 nitrogen and oxygen atoms in total. The van der Waals surface area contributed by atoms with E-state index >= 15 is 0 Å². The predicted octanol–water partition coefficient (Wildman–Crippen LogP) is 2.91. The molecule has 0 aliphatic carbocycles. The van der Waals surface area contributed by atoms with Crippen molar-refractivity contribution in [2.45, 2.75) is 36.7 Å². The molecule has 1 N–H and O–H groups in total. The molecule has 0 saturated carbocycles. The Bertz CT molecular complexity index is 430. The van der Waals surface area contributed by atoms with Crippen LogP contribution in [0.3, 0.4) is 0 Å². The quantitative estimate of drug-likeness (QED) is 0.838. The summed E-state index contributed by atoms with van der Waals surface area (Å²) in [6, 6.07) is 9.56. The van der Waals surface area contributed by atoms with Gasteiger partial charge in [-0.25, -0.2) is 0 Å². The van der Waals surface area contributed by atoms with Gasteiger partial charge < -0.3 is 5.32 Å². The molecule has 98 valence electrons. The lowest BCUT2D eigenvalue weighted by Crippen LogP contribution is -2.59. The highest BCUT2D eigenvalue weighted by Gasteiger charge is 2.37. The number of nitrogens with zero attached hydrogens (tertiary/aromatic N) is 1. The summed E-state index contributed by atoms with van der Waals surface area (Å²) >= 11 is 2.01. The van der Waals surface area contributed by atoms with Crippen molar-refractivity contribution in [2.75, 3.05) is 25.4 Å². The third kappa shape index (κ3) is 2.20. The maximum atomic E-state index is 3.52. The van der Waals surface area contributed by atoms with E-state index in [1.807, 2.05) is 11.8 Å². The smallest absolute Gasteiger partial charge is 0.0373 e. The van der Waals surface area contributed by atoms with Gasteiger partial charge in [0.25, 0.3) is 0 Å². The highest BCUT2D eigenvalue weighted by Crippen LogP contribution is 2.41. The molecule has 0 bridgehead atoms. The lowest BCUT2D eigenvalue weighted by molar-refractivity contribution is 0.0409. The molecule has 2 aliphatic rings. The second-order valence-corrected chi connectivity index (χ2v) is 7.01. The number of benzene rings is 1. The number of nitrogens with one attached hydrogen (secondary N) is 1. The standard InChI is InChI=1S/C15H22N2S/c1-15(2)11-16-8-9-17(15)13-7-10-18-14-6-4-3-5-12(13)14/h3-6,13,16H,7-11H2,1-2H3. The van der Waals surface area contributed by atoms with Gasteiger partial charge in [-0.2, -0.15) is 0 Å². The van der Waals surface area contributed by atoms with Gasteiger partial charge in [0.2, 0.25) is 0 Å². The lowest BCUT2D eigenvalue weighted by atomic mass is 9.92. The Hall–Kier alpha value is -0.510. The fourth-order valence-electron chi connectivity index (χ4n) is 3.22. The molecule has 1 saturated heterocycles. The fraction of sp³-hybridized carbons (Fsp3) is 0.600. The van der Waals surface area contributed by atoms with Crippen molar-refractivity contribution in [1.82, 2.24) is 10.2 Å². The van der Waals surface area contributed by atoms with Crippen LogP contribution in [0.1, 0.15) is 31.9 Å². The van der Waals surface area contributed by atoms with Gasteiger partial charge in [-0.1, -0.05) is 18.2 Å². The second-order valence-electron chi connectivity index (χ2n) is 5.87. The van der Waals surface area contributed by atoms with E-state index in [-0.39, 0.29) is 5.54 Å². The van der Waals surface area contributed by atoms with Gasteiger partial charge in [0.05, 0.1) is 0 Å². The van der Waals surface area contributed by atoms with Crippen molar-refractivity contribution in [3.63, 3.8) is 0 Å². The Morgan fingerprint density at radius 3 is 3.00 bits per heavy atom. The Labute approximate surface area is 114 Å². The maximum absolute atomic E-state index is 3.52. The van der Waals surface area contributed by atoms with Crippen LogP contribution in [-0.2, 0) is 0 Å². The molecule has 1 fully saturated rings. The molecule has 1 atom stereocenters. The van der Waals surface area contributed by atoms with E-state index in [1.165, 1.54) is 17.1 Å². The summed E-state index contributed by atoms with van der Waals surface area (Å²) < 4.78 is 0. The molecule has 0 spiro atoms. The lowest BCUT2D eigenvalue weighted by Gasteiger charge is -2.48. The van der Waals surface area contributed by atoms with Crippen molar-refractivity contribution in [2.24, 2.45) is 0 Å². The van der Waals surface area contributed by atoms with Crippen molar-refractivity contribution >= 4 is 11.8 Å². The summed E-state index contributed by atoms with van der Waals surface area (Å²) in [6.45, 7) is 8.11. The third-order valence-corrected chi connectivity index (χ3v) is 5.29. The van der Waals surface area contributed by atoms with E-state index < -0.39 is 0 Å². The normalized spacial score (nSPS) is 27.8. The molecule has 1 aromatic carbocycles. The third-order valence-electron chi connectivity index (χ3n) is 4.17. The zero-order valence-corrected chi connectivity index (χ0v) is 12.1. The first-order valence-electron chi connectivity index (χ1n) is 6.88. The second kappa shape index (κ2) is 4.87. The molecule has 1 aromatic rings. The SMILES string of the molecule is CC1(C)CNCCN1C1CCSc2ccccc21. The minimum atomic E-state index is 0.262. The summed E-state index contributed by atoms with van der Waals surface area (Å²) in [5, 5.41) is 3.52. The minimum absolute atomic E-state index is 0.262. The summed E-state index contributed by atoms with van der Waals surface area (Å²) in [5.74, 6) is 1.25. The van der Waals surface area contributed by atoms with Crippen LogP contribution in [0, 0.1) is 0 Å². The van der Waals surface area contributed by atoms with Gasteiger partial charge >= 0.3 is 0 Å². The molecule has 18 heavy (non-hydrogen) atoms. The molecule has 0 amide bonds. The monoisotopic (exact) mass is 262 g/mol. The van der Waals surface area contributed by atoms with E-state index in [0.717, 1.165) is 19.6 Å². The molecule has 2 heterocycles. The summed E-state index contributed by atoms with van der Waals surface area (Å²) in [4.78, 5) is 4.20. The van der Waals surface area contributed by atoms with Crippen molar-refractivity contribution in [3.05, 3.63) is 29.8 Å². The van der Waals surface area contributed by atoms with Gasteiger partial charge in [-0.05, 0) is 37.7 Å². The zero-order chi connectivity index (χ0) is 12.6.